The van der Waals surface area contributed by atoms with Gasteiger partial charge >= 0.3 is 0 Å². The molecule has 4 aromatic rings. The Hall–Kier alpha value is -3.97. The predicted molar refractivity (Wildman–Crippen MR) is 174 cm³/mol. The maximum absolute atomic E-state index is 3.56. The summed E-state index contributed by atoms with van der Waals surface area (Å²) in [5.74, 6) is 0. The zero-order valence-electron chi connectivity index (χ0n) is 24.3. The minimum Gasteiger partial charge on any atom is -0.378 e. The van der Waals surface area contributed by atoms with Crippen molar-refractivity contribution in [2.24, 2.45) is 0 Å². The lowest BCUT2D eigenvalue weighted by atomic mass is 10.2. The number of anilines is 8. The Morgan fingerprint density at radius 1 is 0.487 bits per heavy atom. The SMILES string of the molecule is CN(C)c1ccc2c(c1)Nc1cc(N(C)C)ccc1S2.CN(C)c1cccc(Nc2cccc(N(C)C)c2)c1. The van der Waals surface area contributed by atoms with Crippen molar-refractivity contribution in [3.05, 3.63) is 84.9 Å². The van der Waals surface area contributed by atoms with Crippen LogP contribution in [0.1, 0.15) is 0 Å². The first-order chi connectivity index (χ1) is 18.6. The van der Waals surface area contributed by atoms with Gasteiger partial charge < -0.3 is 30.2 Å². The average molecular weight is 541 g/mol. The van der Waals surface area contributed by atoms with Crippen molar-refractivity contribution in [2.45, 2.75) is 9.79 Å². The number of fused-ring (bicyclic) bond motifs is 2. The third-order valence-corrected chi connectivity index (χ3v) is 7.61. The Morgan fingerprint density at radius 2 is 0.872 bits per heavy atom. The van der Waals surface area contributed by atoms with Crippen molar-refractivity contribution in [3.8, 4) is 0 Å². The number of nitrogens with one attached hydrogen (secondary N) is 2. The molecule has 0 fully saturated rings. The fourth-order valence-corrected chi connectivity index (χ4v) is 5.07. The van der Waals surface area contributed by atoms with E-state index in [-0.39, 0.29) is 0 Å². The summed E-state index contributed by atoms with van der Waals surface area (Å²) < 4.78 is 0. The Balaban J connectivity index is 0.000000181. The van der Waals surface area contributed by atoms with Gasteiger partial charge in [-0.05, 0) is 72.8 Å². The molecular weight excluding hydrogens is 500 g/mol. The molecule has 1 aliphatic rings. The molecule has 204 valence electrons. The highest BCUT2D eigenvalue weighted by Gasteiger charge is 2.17. The first kappa shape index (κ1) is 28.0. The Labute approximate surface area is 238 Å². The van der Waals surface area contributed by atoms with E-state index in [4.69, 9.17) is 0 Å². The largest absolute Gasteiger partial charge is 0.378 e. The molecule has 0 amide bonds. The van der Waals surface area contributed by atoms with Gasteiger partial charge in [-0.1, -0.05) is 23.9 Å². The second-order valence-corrected chi connectivity index (χ2v) is 11.5. The summed E-state index contributed by atoms with van der Waals surface area (Å²) in [6.07, 6.45) is 0. The highest BCUT2D eigenvalue weighted by atomic mass is 32.2. The lowest BCUT2D eigenvalue weighted by molar-refractivity contribution is 1.12. The molecule has 5 rings (SSSR count). The lowest BCUT2D eigenvalue weighted by Gasteiger charge is -2.24. The second kappa shape index (κ2) is 12.3. The second-order valence-electron chi connectivity index (χ2n) is 10.4. The van der Waals surface area contributed by atoms with Crippen molar-refractivity contribution in [2.75, 3.05) is 86.6 Å². The average Bonchev–Trinajstić information content (AvgIpc) is 2.91. The van der Waals surface area contributed by atoms with Gasteiger partial charge in [0.25, 0.3) is 0 Å². The molecule has 1 heterocycles. The van der Waals surface area contributed by atoms with Gasteiger partial charge in [0, 0.05) is 100 Å². The molecule has 0 radical (unpaired) electrons. The standard InChI is InChI=1S/C16H19N3S.C16H21N3/c1-18(2)11-5-7-15-13(9-11)17-14-10-12(19(3)4)6-8-16(14)20-15;1-18(2)15-9-5-7-13(11-15)17-14-8-6-10-16(12-14)19(3)4/h5-10,17H,1-4H3;5-12,17H,1-4H3. The van der Waals surface area contributed by atoms with Crippen molar-refractivity contribution < 1.29 is 0 Å². The molecule has 6 nitrogen and oxygen atoms in total. The molecule has 1 aliphatic heterocycles. The molecule has 2 N–H and O–H groups in total. The van der Waals surface area contributed by atoms with Crippen LogP contribution in [0.25, 0.3) is 0 Å². The maximum atomic E-state index is 3.56. The van der Waals surface area contributed by atoms with Crippen LogP contribution >= 0.6 is 11.8 Å². The van der Waals surface area contributed by atoms with Crippen molar-refractivity contribution >= 4 is 57.3 Å². The lowest BCUT2D eigenvalue weighted by Crippen LogP contribution is -2.11. The molecule has 0 bridgehead atoms. The van der Waals surface area contributed by atoms with E-state index in [2.05, 4.69) is 143 Å². The third-order valence-electron chi connectivity index (χ3n) is 6.46. The van der Waals surface area contributed by atoms with Crippen LogP contribution < -0.4 is 30.2 Å². The highest BCUT2D eigenvalue weighted by molar-refractivity contribution is 7.99. The van der Waals surface area contributed by atoms with Gasteiger partial charge in [0.2, 0.25) is 0 Å². The van der Waals surface area contributed by atoms with Crippen LogP contribution in [0.2, 0.25) is 0 Å². The molecule has 0 unspecified atom stereocenters. The number of rotatable bonds is 6. The van der Waals surface area contributed by atoms with E-state index in [0.717, 1.165) is 11.4 Å². The fourth-order valence-electron chi connectivity index (χ4n) is 4.12. The summed E-state index contributed by atoms with van der Waals surface area (Å²) in [6, 6.07) is 29.9. The van der Waals surface area contributed by atoms with Crippen LogP contribution in [-0.2, 0) is 0 Å². The van der Waals surface area contributed by atoms with E-state index in [1.54, 1.807) is 0 Å². The fraction of sp³-hybridized carbons (Fsp3) is 0.250. The van der Waals surface area contributed by atoms with Gasteiger partial charge in [0.05, 0.1) is 11.4 Å². The molecule has 0 spiro atoms. The van der Waals surface area contributed by atoms with Gasteiger partial charge in [-0.3, -0.25) is 0 Å². The molecule has 39 heavy (non-hydrogen) atoms. The van der Waals surface area contributed by atoms with E-state index >= 15 is 0 Å². The molecule has 4 aromatic carbocycles. The van der Waals surface area contributed by atoms with Crippen LogP contribution in [0.5, 0.6) is 0 Å². The Kier molecular flexibility index (Phi) is 8.82. The van der Waals surface area contributed by atoms with Crippen LogP contribution in [0.4, 0.5) is 45.5 Å². The summed E-state index contributed by atoms with van der Waals surface area (Å²) in [4.78, 5) is 11.0. The quantitative estimate of drug-likeness (QED) is 0.230. The summed E-state index contributed by atoms with van der Waals surface area (Å²) in [5, 5.41) is 7.00. The molecule has 0 aliphatic carbocycles. The summed E-state index contributed by atoms with van der Waals surface area (Å²) >= 11 is 1.82. The normalized spacial score (nSPS) is 11.2. The van der Waals surface area contributed by atoms with Gasteiger partial charge in [0.1, 0.15) is 0 Å². The number of hydrogen-bond donors (Lipinski definition) is 2. The van der Waals surface area contributed by atoms with Gasteiger partial charge in [-0.25, -0.2) is 0 Å². The van der Waals surface area contributed by atoms with Crippen molar-refractivity contribution in [1.82, 2.24) is 0 Å². The predicted octanol–water partition coefficient (Wildman–Crippen LogP) is 7.59. The van der Waals surface area contributed by atoms with Gasteiger partial charge in [-0.15, -0.1) is 0 Å². The molecule has 0 saturated carbocycles. The summed E-state index contributed by atoms with van der Waals surface area (Å²) in [6.45, 7) is 0. The molecule has 0 atom stereocenters. The van der Waals surface area contributed by atoms with Crippen LogP contribution in [0, 0.1) is 0 Å². The molecule has 7 heteroatoms. The monoisotopic (exact) mass is 540 g/mol. The molecular formula is C32H40N6S. The summed E-state index contributed by atoms with van der Waals surface area (Å²) in [7, 11) is 16.5. The minimum atomic E-state index is 1.10. The Bertz CT molecular complexity index is 1310. The van der Waals surface area contributed by atoms with E-state index < -0.39 is 0 Å². The van der Waals surface area contributed by atoms with Crippen LogP contribution in [-0.4, -0.2) is 56.4 Å². The highest BCUT2D eigenvalue weighted by Crippen LogP contribution is 2.46. The zero-order valence-corrected chi connectivity index (χ0v) is 25.1. The first-order valence-corrected chi connectivity index (χ1v) is 13.8. The number of nitrogens with zero attached hydrogens (tertiary/aromatic N) is 4. The number of hydrogen-bond acceptors (Lipinski definition) is 7. The minimum absolute atomic E-state index is 1.10. The third kappa shape index (κ3) is 7.12. The first-order valence-electron chi connectivity index (χ1n) is 13.0. The van der Waals surface area contributed by atoms with E-state index in [1.807, 2.05) is 40.0 Å². The van der Waals surface area contributed by atoms with E-state index in [1.165, 1.54) is 43.9 Å². The van der Waals surface area contributed by atoms with Crippen molar-refractivity contribution in [1.29, 1.82) is 0 Å². The zero-order chi connectivity index (χ0) is 28.1. The van der Waals surface area contributed by atoms with E-state index in [0.29, 0.717) is 0 Å². The topological polar surface area (TPSA) is 37.0 Å². The molecule has 0 saturated heterocycles. The van der Waals surface area contributed by atoms with Crippen LogP contribution in [0.15, 0.2) is 94.7 Å². The van der Waals surface area contributed by atoms with Crippen LogP contribution in [0.3, 0.4) is 0 Å². The van der Waals surface area contributed by atoms with E-state index in [9.17, 15) is 0 Å². The molecule has 0 aromatic heterocycles. The van der Waals surface area contributed by atoms with Gasteiger partial charge in [0.15, 0.2) is 0 Å². The number of benzene rings is 4. The van der Waals surface area contributed by atoms with Gasteiger partial charge in [-0.2, -0.15) is 0 Å². The Morgan fingerprint density at radius 3 is 1.26 bits per heavy atom. The van der Waals surface area contributed by atoms with Crippen molar-refractivity contribution in [3.63, 3.8) is 0 Å². The summed E-state index contributed by atoms with van der Waals surface area (Å²) in [5.41, 5.74) is 9.37. The maximum Gasteiger partial charge on any atom is 0.0547 e. The smallest absolute Gasteiger partial charge is 0.0547 e.